The van der Waals surface area contributed by atoms with Crippen molar-refractivity contribution >= 4 is 11.7 Å². The Morgan fingerprint density at radius 1 is 1.31 bits per heavy atom. The fourth-order valence-corrected chi connectivity index (χ4v) is 2.97. The molecule has 0 bridgehead atoms. The predicted octanol–water partition coefficient (Wildman–Crippen LogP) is 2.94. The van der Waals surface area contributed by atoms with Gasteiger partial charge in [0.05, 0.1) is 35.9 Å². The second kappa shape index (κ2) is 6.17. The summed E-state index contributed by atoms with van der Waals surface area (Å²) in [5, 5.41) is 6.63. The number of alkyl halides is 2. The molecule has 0 unspecified atom stereocenters. The molecule has 4 heterocycles. The van der Waals surface area contributed by atoms with Crippen LogP contribution in [0.5, 0.6) is 5.75 Å². The van der Waals surface area contributed by atoms with Gasteiger partial charge >= 0.3 is 6.61 Å². The molecule has 0 atom stereocenters. The monoisotopic (exact) mass is 357 g/mol. The number of H-pyrrole nitrogens is 1. The van der Waals surface area contributed by atoms with E-state index in [4.69, 9.17) is 0 Å². The van der Waals surface area contributed by atoms with Gasteiger partial charge in [-0.2, -0.15) is 13.9 Å². The number of anilines is 1. The van der Waals surface area contributed by atoms with Crippen molar-refractivity contribution in [2.24, 2.45) is 0 Å². The third kappa shape index (κ3) is 2.77. The molecule has 0 aliphatic carbocycles. The number of rotatable bonds is 4. The number of nitrogens with one attached hydrogen (secondary N) is 1. The van der Waals surface area contributed by atoms with E-state index in [9.17, 15) is 13.6 Å². The maximum Gasteiger partial charge on any atom is 0.387 e. The number of aryl methyl sites for hydroxylation is 1. The summed E-state index contributed by atoms with van der Waals surface area (Å²) in [6, 6.07) is 4.88. The minimum Gasteiger partial charge on any atom is -0.433 e. The van der Waals surface area contributed by atoms with Crippen LogP contribution in [-0.4, -0.2) is 32.7 Å². The van der Waals surface area contributed by atoms with Gasteiger partial charge in [-0.25, -0.2) is 0 Å². The van der Waals surface area contributed by atoms with E-state index in [0.29, 0.717) is 34.9 Å². The highest BCUT2D eigenvalue weighted by Crippen LogP contribution is 2.31. The minimum atomic E-state index is -2.93. The lowest BCUT2D eigenvalue weighted by Crippen LogP contribution is -2.23. The van der Waals surface area contributed by atoms with Crippen LogP contribution in [-0.2, 0) is 6.54 Å². The highest BCUT2D eigenvalue weighted by molar-refractivity contribution is 6.10. The summed E-state index contributed by atoms with van der Waals surface area (Å²) in [5.41, 5.74) is 2.96. The van der Waals surface area contributed by atoms with Gasteiger partial charge in [0.2, 0.25) is 0 Å². The average Bonchev–Trinajstić information content (AvgIpc) is 3.22. The lowest BCUT2D eigenvalue weighted by atomic mass is 10.1. The number of aromatic amines is 1. The second-order valence-corrected chi connectivity index (χ2v) is 5.77. The van der Waals surface area contributed by atoms with Gasteiger partial charge in [-0.15, -0.1) is 0 Å². The molecule has 1 aliphatic rings. The highest BCUT2D eigenvalue weighted by Gasteiger charge is 2.32. The molecule has 0 aromatic carbocycles. The van der Waals surface area contributed by atoms with Crippen molar-refractivity contribution in [2.45, 2.75) is 20.1 Å². The van der Waals surface area contributed by atoms with Gasteiger partial charge in [-0.05, 0) is 24.6 Å². The number of aromatic nitrogens is 4. The molecule has 0 spiro atoms. The van der Waals surface area contributed by atoms with Crippen molar-refractivity contribution in [1.29, 1.82) is 0 Å². The molecule has 0 fully saturated rings. The number of fused-ring (bicyclic) bond motifs is 1. The molecular formula is C17H13F2N5O2. The molecule has 3 aromatic heterocycles. The molecule has 1 aliphatic heterocycles. The molecule has 26 heavy (non-hydrogen) atoms. The maximum atomic E-state index is 12.7. The number of hydrogen-bond donors (Lipinski definition) is 1. The van der Waals surface area contributed by atoms with Gasteiger partial charge in [-0.1, -0.05) is 0 Å². The first-order valence-corrected chi connectivity index (χ1v) is 7.75. The van der Waals surface area contributed by atoms with E-state index < -0.39 is 6.61 Å². The largest absolute Gasteiger partial charge is 0.433 e. The first kappa shape index (κ1) is 16.1. The normalized spacial score (nSPS) is 13.4. The molecule has 0 saturated carbocycles. The van der Waals surface area contributed by atoms with Gasteiger partial charge in [0.1, 0.15) is 11.6 Å². The second-order valence-electron chi connectivity index (χ2n) is 5.77. The third-order valence-corrected chi connectivity index (χ3v) is 4.07. The summed E-state index contributed by atoms with van der Waals surface area (Å²) in [4.78, 5) is 22.7. The fourth-order valence-electron chi connectivity index (χ4n) is 2.97. The van der Waals surface area contributed by atoms with E-state index in [2.05, 4.69) is 24.9 Å². The summed E-state index contributed by atoms with van der Waals surface area (Å²) in [6.45, 7) is -0.820. The Morgan fingerprint density at radius 3 is 2.88 bits per heavy atom. The van der Waals surface area contributed by atoms with Gasteiger partial charge in [-0.3, -0.25) is 24.8 Å². The lowest BCUT2D eigenvalue weighted by Gasteiger charge is -2.11. The Balaban J connectivity index is 1.71. The Morgan fingerprint density at radius 2 is 2.15 bits per heavy atom. The predicted molar refractivity (Wildman–Crippen MR) is 87.9 cm³/mol. The van der Waals surface area contributed by atoms with E-state index in [1.807, 2.05) is 6.92 Å². The first-order chi connectivity index (χ1) is 12.5. The zero-order valence-electron chi connectivity index (χ0n) is 13.6. The van der Waals surface area contributed by atoms with Crippen molar-refractivity contribution in [3.8, 4) is 17.0 Å². The fraction of sp³-hybridized carbons (Fsp3) is 0.176. The average molecular weight is 357 g/mol. The molecule has 1 N–H and O–H groups in total. The number of ether oxygens (including phenoxy) is 1. The summed E-state index contributed by atoms with van der Waals surface area (Å²) >= 11 is 0. The van der Waals surface area contributed by atoms with Gasteiger partial charge in [0.15, 0.2) is 0 Å². The topological polar surface area (TPSA) is 84.0 Å². The molecule has 7 nitrogen and oxygen atoms in total. The van der Waals surface area contributed by atoms with Gasteiger partial charge in [0, 0.05) is 17.8 Å². The first-order valence-electron chi connectivity index (χ1n) is 7.75. The summed E-state index contributed by atoms with van der Waals surface area (Å²) in [7, 11) is 0. The van der Waals surface area contributed by atoms with Gasteiger partial charge in [0.25, 0.3) is 5.91 Å². The van der Waals surface area contributed by atoms with Crippen molar-refractivity contribution in [3.63, 3.8) is 0 Å². The Labute approximate surface area is 146 Å². The number of pyridine rings is 2. The zero-order chi connectivity index (χ0) is 18.3. The number of hydrogen-bond acceptors (Lipinski definition) is 5. The molecule has 0 radical (unpaired) electrons. The quantitative estimate of drug-likeness (QED) is 0.776. The van der Waals surface area contributed by atoms with Crippen LogP contribution >= 0.6 is 0 Å². The summed E-state index contributed by atoms with van der Waals surface area (Å²) < 4.78 is 29.2. The van der Waals surface area contributed by atoms with Crippen LogP contribution in [0.25, 0.3) is 11.3 Å². The van der Waals surface area contributed by atoms with E-state index in [0.717, 1.165) is 5.56 Å². The van der Waals surface area contributed by atoms with Crippen molar-refractivity contribution in [3.05, 3.63) is 53.6 Å². The van der Waals surface area contributed by atoms with Crippen molar-refractivity contribution in [1.82, 2.24) is 20.2 Å². The highest BCUT2D eigenvalue weighted by atomic mass is 19.3. The molecular weight excluding hydrogens is 344 g/mol. The molecule has 132 valence electrons. The number of halogens is 2. The maximum absolute atomic E-state index is 12.7. The number of carbonyl (C=O) groups is 1. The van der Waals surface area contributed by atoms with Crippen LogP contribution in [0, 0.1) is 6.92 Å². The van der Waals surface area contributed by atoms with Crippen molar-refractivity contribution in [2.75, 3.05) is 4.90 Å². The lowest BCUT2D eigenvalue weighted by molar-refractivity contribution is -0.0500. The smallest absolute Gasteiger partial charge is 0.387 e. The van der Waals surface area contributed by atoms with Gasteiger partial charge < -0.3 is 4.74 Å². The molecule has 3 aromatic rings. The van der Waals surface area contributed by atoms with E-state index >= 15 is 0 Å². The number of carbonyl (C=O) groups excluding carboxylic acids is 1. The van der Waals surface area contributed by atoms with Crippen LogP contribution in [0.4, 0.5) is 14.6 Å². The zero-order valence-corrected chi connectivity index (χ0v) is 13.6. The number of nitrogens with zero attached hydrogens (tertiary/aromatic N) is 4. The summed E-state index contributed by atoms with van der Waals surface area (Å²) in [5.74, 6) is 0.379. The summed E-state index contributed by atoms with van der Waals surface area (Å²) in [6.07, 6.45) is 4.28. The van der Waals surface area contributed by atoms with E-state index in [-0.39, 0.29) is 11.7 Å². The Bertz CT molecular complexity index is 975. The number of amides is 1. The van der Waals surface area contributed by atoms with Crippen LogP contribution in [0.1, 0.15) is 21.6 Å². The van der Waals surface area contributed by atoms with Crippen LogP contribution in [0.2, 0.25) is 0 Å². The standard InChI is InChI=1S/C17H13F2N5O2/c1-9-4-12(10-5-11(7-20-6-10)26-17(18)19)22-13-8-24(16(25)15(9)13)14-2-3-21-23-14/h2-7,17H,8H2,1H3,(H,21,23). The Hall–Kier alpha value is -3.36. The van der Waals surface area contributed by atoms with Crippen LogP contribution < -0.4 is 9.64 Å². The Kier molecular flexibility index (Phi) is 3.83. The molecule has 9 heteroatoms. The van der Waals surface area contributed by atoms with E-state index in [1.54, 1.807) is 23.2 Å². The molecule has 1 amide bonds. The van der Waals surface area contributed by atoms with Crippen molar-refractivity contribution < 1.29 is 18.3 Å². The van der Waals surface area contributed by atoms with Crippen LogP contribution in [0.3, 0.4) is 0 Å². The molecule has 4 rings (SSSR count). The molecule has 0 saturated heterocycles. The third-order valence-electron chi connectivity index (χ3n) is 4.07. The van der Waals surface area contributed by atoms with E-state index in [1.165, 1.54) is 18.5 Å². The van der Waals surface area contributed by atoms with Crippen LogP contribution in [0.15, 0.2) is 36.8 Å². The minimum absolute atomic E-state index is 0.0485. The SMILES string of the molecule is Cc1cc(-c2cncc(OC(F)F)c2)nc2c1C(=O)N(c1ccn[nH]1)C2.